The molecule has 5 heteroatoms. The van der Waals surface area contributed by atoms with Gasteiger partial charge in [0.1, 0.15) is 5.75 Å². The molecule has 1 aromatic carbocycles. The van der Waals surface area contributed by atoms with Gasteiger partial charge in [-0.25, -0.2) is 8.42 Å². The summed E-state index contributed by atoms with van der Waals surface area (Å²) < 4.78 is 28.7. The maximum Gasteiger partial charge on any atom is 0.175 e. The zero-order valence-corrected chi connectivity index (χ0v) is 11.5. The Morgan fingerprint density at radius 2 is 2.00 bits per heavy atom. The number of methoxy groups -OCH3 is 1. The maximum atomic E-state index is 11.7. The van der Waals surface area contributed by atoms with Crippen LogP contribution in [0, 0.1) is 6.92 Å². The smallest absolute Gasteiger partial charge is 0.175 e. The molecule has 1 rings (SSSR count). The van der Waals surface area contributed by atoms with E-state index in [0.29, 0.717) is 17.2 Å². The zero-order chi connectivity index (χ0) is 13.2. The number of benzene rings is 1. The fourth-order valence-corrected chi connectivity index (χ4v) is 2.81. The molecule has 0 saturated carbocycles. The Morgan fingerprint density at radius 3 is 2.41 bits per heavy atom. The molecule has 0 aliphatic carbocycles. The summed E-state index contributed by atoms with van der Waals surface area (Å²) in [5.74, 6) is 0.668. The molecule has 2 N–H and O–H groups in total. The topological polar surface area (TPSA) is 69.4 Å². The molecule has 1 atom stereocenters. The third-order valence-corrected chi connectivity index (χ3v) is 3.96. The summed E-state index contributed by atoms with van der Waals surface area (Å²) in [6.45, 7) is 4.12. The first-order valence-electron chi connectivity index (χ1n) is 5.40. The second-order valence-corrected chi connectivity index (χ2v) is 6.25. The van der Waals surface area contributed by atoms with Gasteiger partial charge in [-0.05, 0) is 42.6 Å². The third kappa shape index (κ3) is 2.98. The van der Waals surface area contributed by atoms with Gasteiger partial charge in [0.2, 0.25) is 0 Å². The minimum absolute atomic E-state index is 0.0192. The van der Waals surface area contributed by atoms with Crippen LogP contribution in [0.25, 0.3) is 0 Å². The summed E-state index contributed by atoms with van der Waals surface area (Å²) in [5, 5.41) is 0. The van der Waals surface area contributed by atoms with Crippen molar-refractivity contribution in [2.24, 2.45) is 5.73 Å². The first kappa shape index (κ1) is 14.0. The van der Waals surface area contributed by atoms with Gasteiger partial charge in [0.25, 0.3) is 0 Å². The van der Waals surface area contributed by atoms with Crippen molar-refractivity contribution >= 4 is 9.84 Å². The van der Waals surface area contributed by atoms with Crippen molar-refractivity contribution in [2.75, 3.05) is 19.9 Å². The van der Waals surface area contributed by atoms with Crippen LogP contribution in [-0.2, 0) is 9.84 Å². The van der Waals surface area contributed by atoms with E-state index in [0.717, 1.165) is 11.1 Å². The van der Waals surface area contributed by atoms with Crippen molar-refractivity contribution < 1.29 is 13.2 Å². The SMILES string of the molecule is COc1cc(C(C)CN)c(S(C)(=O)=O)cc1C. The van der Waals surface area contributed by atoms with Crippen LogP contribution in [0.5, 0.6) is 5.75 Å². The van der Waals surface area contributed by atoms with E-state index in [4.69, 9.17) is 10.5 Å². The number of ether oxygens (including phenoxy) is 1. The molecular weight excluding hydrogens is 238 g/mol. The van der Waals surface area contributed by atoms with Crippen molar-refractivity contribution in [3.63, 3.8) is 0 Å². The fraction of sp³-hybridized carbons (Fsp3) is 0.500. The molecule has 1 unspecified atom stereocenters. The standard InChI is InChI=1S/C12H19NO3S/c1-8-5-12(17(4,14)15)10(9(2)7-13)6-11(8)16-3/h5-6,9H,7,13H2,1-4H3. The Hall–Kier alpha value is -1.07. The molecule has 4 nitrogen and oxygen atoms in total. The highest BCUT2D eigenvalue weighted by molar-refractivity contribution is 7.90. The lowest BCUT2D eigenvalue weighted by Gasteiger charge is -2.16. The summed E-state index contributed by atoms with van der Waals surface area (Å²) >= 11 is 0. The van der Waals surface area contributed by atoms with Crippen LogP contribution in [-0.4, -0.2) is 28.3 Å². The van der Waals surface area contributed by atoms with Gasteiger partial charge in [0.05, 0.1) is 12.0 Å². The molecule has 0 amide bonds. The average Bonchev–Trinajstić information content (AvgIpc) is 2.26. The Bertz CT molecular complexity index is 509. The van der Waals surface area contributed by atoms with Crippen molar-refractivity contribution in [1.82, 2.24) is 0 Å². The van der Waals surface area contributed by atoms with Crippen molar-refractivity contribution in [3.8, 4) is 5.75 Å². The molecule has 0 aromatic heterocycles. The Labute approximate surface area is 103 Å². The maximum absolute atomic E-state index is 11.7. The minimum Gasteiger partial charge on any atom is -0.496 e. The molecule has 0 saturated heterocycles. The van der Waals surface area contributed by atoms with Crippen molar-refractivity contribution in [2.45, 2.75) is 24.7 Å². The van der Waals surface area contributed by atoms with Crippen molar-refractivity contribution in [3.05, 3.63) is 23.3 Å². The van der Waals surface area contributed by atoms with E-state index in [1.54, 1.807) is 19.2 Å². The highest BCUT2D eigenvalue weighted by Crippen LogP contribution is 2.30. The number of hydrogen-bond donors (Lipinski definition) is 1. The fourth-order valence-electron chi connectivity index (χ4n) is 1.73. The van der Waals surface area contributed by atoms with Crippen LogP contribution in [0.4, 0.5) is 0 Å². The first-order valence-corrected chi connectivity index (χ1v) is 7.29. The van der Waals surface area contributed by atoms with Crippen LogP contribution in [0.1, 0.15) is 24.0 Å². The molecule has 0 aliphatic heterocycles. The molecule has 96 valence electrons. The summed E-state index contributed by atoms with van der Waals surface area (Å²) in [7, 11) is -1.68. The minimum atomic E-state index is -3.25. The van der Waals surface area contributed by atoms with Crippen LogP contribution < -0.4 is 10.5 Å². The van der Waals surface area contributed by atoms with Gasteiger partial charge in [-0.2, -0.15) is 0 Å². The van der Waals surface area contributed by atoms with Gasteiger partial charge >= 0.3 is 0 Å². The Morgan fingerprint density at radius 1 is 1.41 bits per heavy atom. The van der Waals surface area contributed by atoms with Crippen LogP contribution >= 0.6 is 0 Å². The van der Waals surface area contributed by atoms with E-state index in [9.17, 15) is 8.42 Å². The second kappa shape index (κ2) is 5.06. The number of rotatable bonds is 4. The molecule has 0 spiro atoms. The van der Waals surface area contributed by atoms with Crippen LogP contribution in [0.2, 0.25) is 0 Å². The van der Waals surface area contributed by atoms with E-state index in [1.165, 1.54) is 6.26 Å². The van der Waals surface area contributed by atoms with Crippen LogP contribution in [0.3, 0.4) is 0 Å². The van der Waals surface area contributed by atoms with Gasteiger partial charge < -0.3 is 10.5 Å². The molecule has 0 radical (unpaired) electrons. The van der Waals surface area contributed by atoms with Gasteiger partial charge in [-0.3, -0.25) is 0 Å². The van der Waals surface area contributed by atoms with Gasteiger partial charge in [0, 0.05) is 6.26 Å². The normalized spacial score (nSPS) is 13.5. The van der Waals surface area contributed by atoms with E-state index in [2.05, 4.69) is 0 Å². The van der Waals surface area contributed by atoms with E-state index in [1.807, 2.05) is 13.8 Å². The average molecular weight is 257 g/mol. The lowest BCUT2D eigenvalue weighted by atomic mass is 9.99. The van der Waals surface area contributed by atoms with E-state index >= 15 is 0 Å². The molecule has 0 fully saturated rings. The number of nitrogens with two attached hydrogens (primary N) is 1. The van der Waals surface area contributed by atoms with Gasteiger partial charge in [0.15, 0.2) is 9.84 Å². The van der Waals surface area contributed by atoms with Crippen molar-refractivity contribution in [1.29, 1.82) is 0 Å². The lowest BCUT2D eigenvalue weighted by molar-refractivity contribution is 0.410. The van der Waals surface area contributed by atoms with E-state index in [-0.39, 0.29) is 5.92 Å². The molecule has 0 bridgehead atoms. The highest BCUT2D eigenvalue weighted by atomic mass is 32.2. The highest BCUT2D eigenvalue weighted by Gasteiger charge is 2.19. The number of sulfone groups is 1. The van der Waals surface area contributed by atoms with Gasteiger partial charge in [-0.15, -0.1) is 0 Å². The first-order chi connectivity index (χ1) is 7.81. The lowest BCUT2D eigenvalue weighted by Crippen LogP contribution is -2.13. The molecular formula is C12H19NO3S. The summed E-state index contributed by atoms with van der Waals surface area (Å²) in [4.78, 5) is 0.341. The predicted molar refractivity (Wildman–Crippen MR) is 68.3 cm³/mol. The predicted octanol–water partition coefficient (Wildman–Crippen LogP) is 1.47. The summed E-state index contributed by atoms with van der Waals surface area (Å²) in [6.07, 6.45) is 1.21. The van der Waals surface area contributed by atoms with Gasteiger partial charge in [-0.1, -0.05) is 6.92 Å². The largest absolute Gasteiger partial charge is 0.496 e. The van der Waals surface area contributed by atoms with E-state index < -0.39 is 9.84 Å². The summed E-state index contributed by atoms with van der Waals surface area (Å²) in [5.41, 5.74) is 7.14. The summed E-state index contributed by atoms with van der Waals surface area (Å²) in [6, 6.07) is 3.42. The monoisotopic (exact) mass is 257 g/mol. The molecule has 17 heavy (non-hydrogen) atoms. The molecule has 0 aliphatic rings. The Balaban J connectivity index is 3.53. The molecule has 0 heterocycles. The zero-order valence-electron chi connectivity index (χ0n) is 10.6. The number of hydrogen-bond acceptors (Lipinski definition) is 4. The quantitative estimate of drug-likeness (QED) is 0.886. The Kier molecular flexibility index (Phi) is 4.16. The second-order valence-electron chi connectivity index (χ2n) is 4.27. The third-order valence-electron chi connectivity index (χ3n) is 2.81. The van der Waals surface area contributed by atoms with Crippen LogP contribution in [0.15, 0.2) is 17.0 Å². The number of aryl methyl sites for hydroxylation is 1. The molecule has 1 aromatic rings.